The van der Waals surface area contributed by atoms with Crippen LogP contribution in [-0.4, -0.2) is 0 Å². The summed E-state index contributed by atoms with van der Waals surface area (Å²) in [5, 5.41) is 0. The first-order chi connectivity index (χ1) is 4.70. The highest BCUT2D eigenvalue weighted by atomic mass is 14.0. The maximum atomic E-state index is 5.22. The zero-order valence-electron chi connectivity index (χ0n) is 6.94. The molecule has 0 nitrogen and oxygen atoms in total. The van der Waals surface area contributed by atoms with Crippen molar-refractivity contribution in [2.24, 2.45) is 11.8 Å². The summed E-state index contributed by atoms with van der Waals surface area (Å²) in [6.45, 7) is 6.01. The minimum absolute atomic E-state index is 0.357. The summed E-state index contributed by atoms with van der Waals surface area (Å²) in [7, 11) is 0. The maximum absolute atomic E-state index is 5.22. The summed E-state index contributed by atoms with van der Waals surface area (Å²) < 4.78 is 0. The molecule has 0 rings (SSSR count). The first kappa shape index (κ1) is 9.12. The van der Waals surface area contributed by atoms with Gasteiger partial charge >= 0.3 is 0 Å². The largest absolute Gasteiger partial charge is 0.120 e. The summed E-state index contributed by atoms with van der Waals surface area (Å²) in [6, 6.07) is 0. The Morgan fingerprint density at radius 3 is 2.30 bits per heavy atom. The SMILES string of the molecule is C#CC(C)CC(C)C#CC. The molecule has 0 aliphatic carbocycles. The van der Waals surface area contributed by atoms with Crippen LogP contribution in [0.2, 0.25) is 0 Å². The molecule has 0 aromatic carbocycles. The van der Waals surface area contributed by atoms with E-state index in [-0.39, 0.29) is 0 Å². The number of hydrogen-bond acceptors (Lipinski definition) is 0. The second kappa shape index (κ2) is 4.95. The third-order valence-corrected chi connectivity index (χ3v) is 1.38. The zero-order valence-corrected chi connectivity index (χ0v) is 6.94. The fourth-order valence-electron chi connectivity index (χ4n) is 0.904. The van der Waals surface area contributed by atoms with Crippen LogP contribution in [0.4, 0.5) is 0 Å². The molecule has 0 spiro atoms. The molecule has 54 valence electrons. The lowest BCUT2D eigenvalue weighted by Crippen LogP contribution is -1.97. The Labute approximate surface area is 64.0 Å². The summed E-state index contributed by atoms with van der Waals surface area (Å²) in [5.74, 6) is 9.43. The molecule has 2 unspecified atom stereocenters. The topological polar surface area (TPSA) is 0 Å². The molecule has 0 amide bonds. The van der Waals surface area contributed by atoms with Gasteiger partial charge in [-0.2, -0.15) is 0 Å². The third-order valence-electron chi connectivity index (χ3n) is 1.38. The second-order valence-corrected chi connectivity index (χ2v) is 2.60. The van der Waals surface area contributed by atoms with E-state index >= 15 is 0 Å². The van der Waals surface area contributed by atoms with Gasteiger partial charge in [0.15, 0.2) is 0 Å². The van der Waals surface area contributed by atoms with E-state index in [9.17, 15) is 0 Å². The minimum atomic E-state index is 0.357. The van der Waals surface area contributed by atoms with E-state index in [2.05, 4.69) is 24.7 Å². The number of terminal acetylenes is 1. The molecule has 0 aliphatic heterocycles. The average Bonchev–Trinajstić information content (AvgIpc) is 1.88. The van der Waals surface area contributed by atoms with E-state index < -0.39 is 0 Å². The molecular weight excluding hydrogens is 120 g/mol. The second-order valence-electron chi connectivity index (χ2n) is 2.60. The van der Waals surface area contributed by atoms with Gasteiger partial charge in [-0.25, -0.2) is 0 Å². The van der Waals surface area contributed by atoms with Gasteiger partial charge in [0.05, 0.1) is 0 Å². The highest BCUT2D eigenvalue weighted by Gasteiger charge is 2.01. The Bertz CT molecular complexity index is 172. The first-order valence-electron chi connectivity index (χ1n) is 3.59. The molecule has 0 N–H and O–H groups in total. The molecule has 0 aromatic heterocycles. The predicted molar refractivity (Wildman–Crippen MR) is 45.2 cm³/mol. The molecule has 0 heteroatoms. The van der Waals surface area contributed by atoms with Crippen molar-refractivity contribution in [1.82, 2.24) is 0 Å². The number of hydrogen-bond donors (Lipinski definition) is 0. The summed E-state index contributed by atoms with van der Waals surface area (Å²) in [5.41, 5.74) is 0. The molecule has 0 radical (unpaired) electrons. The van der Waals surface area contributed by atoms with E-state index in [4.69, 9.17) is 6.42 Å². The maximum Gasteiger partial charge on any atom is 0.0186 e. The summed E-state index contributed by atoms with van der Waals surface area (Å²) in [6.07, 6.45) is 6.23. The monoisotopic (exact) mass is 134 g/mol. The van der Waals surface area contributed by atoms with Gasteiger partial charge in [0.1, 0.15) is 0 Å². The molecule has 0 aliphatic rings. The smallest absolute Gasteiger partial charge is 0.0186 e. The fourth-order valence-corrected chi connectivity index (χ4v) is 0.904. The highest BCUT2D eigenvalue weighted by molar-refractivity contribution is 5.02. The van der Waals surface area contributed by atoms with Crippen LogP contribution in [0.1, 0.15) is 27.2 Å². The van der Waals surface area contributed by atoms with Crippen molar-refractivity contribution in [3.8, 4) is 24.2 Å². The fraction of sp³-hybridized carbons (Fsp3) is 0.600. The summed E-state index contributed by atoms with van der Waals surface area (Å²) in [4.78, 5) is 0. The Morgan fingerprint density at radius 2 is 1.90 bits per heavy atom. The minimum Gasteiger partial charge on any atom is -0.120 e. The van der Waals surface area contributed by atoms with Crippen LogP contribution in [-0.2, 0) is 0 Å². The molecule has 0 bridgehead atoms. The molecule has 0 saturated carbocycles. The van der Waals surface area contributed by atoms with Gasteiger partial charge in [-0.15, -0.1) is 24.2 Å². The van der Waals surface area contributed by atoms with Crippen LogP contribution < -0.4 is 0 Å². The van der Waals surface area contributed by atoms with Crippen molar-refractivity contribution in [3.05, 3.63) is 0 Å². The normalized spacial score (nSPS) is 14.2. The van der Waals surface area contributed by atoms with Crippen LogP contribution >= 0.6 is 0 Å². The van der Waals surface area contributed by atoms with Gasteiger partial charge in [0, 0.05) is 11.8 Å². The van der Waals surface area contributed by atoms with E-state index in [0.29, 0.717) is 11.8 Å². The Morgan fingerprint density at radius 1 is 1.30 bits per heavy atom. The lowest BCUT2D eigenvalue weighted by atomic mass is 9.99. The lowest BCUT2D eigenvalue weighted by molar-refractivity contribution is 0.571. The van der Waals surface area contributed by atoms with E-state index in [0.717, 1.165) is 6.42 Å². The Hall–Kier alpha value is -0.880. The molecule has 0 fully saturated rings. The molecule has 2 atom stereocenters. The average molecular weight is 134 g/mol. The highest BCUT2D eigenvalue weighted by Crippen LogP contribution is 2.08. The lowest BCUT2D eigenvalue weighted by Gasteiger charge is -2.05. The van der Waals surface area contributed by atoms with Crippen molar-refractivity contribution in [3.63, 3.8) is 0 Å². The van der Waals surface area contributed by atoms with Crippen LogP contribution in [0.3, 0.4) is 0 Å². The Balaban J connectivity index is 3.66. The van der Waals surface area contributed by atoms with Crippen LogP contribution in [0.5, 0.6) is 0 Å². The molecular formula is C10H14. The van der Waals surface area contributed by atoms with Gasteiger partial charge in [-0.1, -0.05) is 13.8 Å². The van der Waals surface area contributed by atoms with Crippen molar-refractivity contribution >= 4 is 0 Å². The quantitative estimate of drug-likeness (QED) is 0.508. The van der Waals surface area contributed by atoms with Crippen LogP contribution in [0.25, 0.3) is 0 Å². The van der Waals surface area contributed by atoms with Crippen LogP contribution in [0.15, 0.2) is 0 Å². The van der Waals surface area contributed by atoms with Crippen LogP contribution in [0, 0.1) is 36.0 Å². The Kier molecular flexibility index (Phi) is 4.51. The van der Waals surface area contributed by atoms with Crippen molar-refractivity contribution in [1.29, 1.82) is 0 Å². The standard InChI is InChI=1S/C10H14/c1-5-7-10(4)8-9(3)6-2/h2,9-10H,8H2,1,3-4H3. The van der Waals surface area contributed by atoms with E-state index in [1.165, 1.54) is 0 Å². The van der Waals surface area contributed by atoms with Gasteiger partial charge in [-0.05, 0) is 13.3 Å². The molecule has 0 aromatic rings. The van der Waals surface area contributed by atoms with Gasteiger partial charge in [0.25, 0.3) is 0 Å². The molecule has 0 saturated heterocycles. The van der Waals surface area contributed by atoms with E-state index in [1.54, 1.807) is 0 Å². The van der Waals surface area contributed by atoms with Crippen molar-refractivity contribution in [2.75, 3.05) is 0 Å². The van der Waals surface area contributed by atoms with Gasteiger partial charge in [0.2, 0.25) is 0 Å². The van der Waals surface area contributed by atoms with Gasteiger partial charge < -0.3 is 0 Å². The zero-order chi connectivity index (χ0) is 7.98. The molecule has 10 heavy (non-hydrogen) atoms. The predicted octanol–water partition coefficient (Wildman–Crippen LogP) is 2.31. The molecule has 0 heterocycles. The summed E-state index contributed by atoms with van der Waals surface area (Å²) >= 11 is 0. The third kappa shape index (κ3) is 4.04. The van der Waals surface area contributed by atoms with Crippen molar-refractivity contribution in [2.45, 2.75) is 27.2 Å². The number of rotatable bonds is 2. The first-order valence-corrected chi connectivity index (χ1v) is 3.59. The van der Waals surface area contributed by atoms with Crippen molar-refractivity contribution < 1.29 is 0 Å². The van der Waals surface area contributed by atoms with Gasteiger partial charge in [-0.3, -0.25) is 0 Å². The van der Waals surface area contributed by atoms with E-state index in [1.807, 2.05) is 13.8 Å².